The molecule has 2 aromatic rings. The highest BCUT2D eigenvalue weighted by Crippen LogP contribution is 2.35. The van der Waals surface area contributed by atoms with Crippen LogP contribution in [0.25, 0.3) is 0 Å². The maximum atomic E-state index is 6.33. The lowest BCUT2D eigenvalue weighted by Gasteiger charge is -2.15. The van der Waals surface area contributed by atoms with Crippen LogP contribution in [0.4, 0.5) is 0 Å². The smallest absolute Gasteiger partial charge is 0.163 e. The predicted octanol–water partition coefficient (Wildman–Crippen LogP) is 5.51. The first-order valence-corrected chi connectivity index (χ1v) is 8.44. The number of benzene rings is 2. The van der Waals surface area contributed by atoms with Crippen LogP contribution in [0.1, 0.15) is 11.1 Å². The highest BCUT2D eigenvalue weighted by molar-refractivity contribution is 6.36. The van der Waals surface area contributed by atoms with Gasteiger partial charge in [0.15, 0.2) is 11.5 Å². The van der Waals surface area contributed by atoms with Crippen LogP contribution >= 0.6 is 34.8 Å². The molecule has 3 nitrogen and oxygen atoms in total. The van der Waals surface area contributed by atoms with E-state index in [1.807, 2.05) is 6.07 Å². The van der Waals surface area contributed by atoms with Gasteiger partial charge in [-0.05, 0) is 23.8 Å². The Bertz CT molecular complexity index is 699. The Labute approximate surface area is 157 Å². The van der Waals surface area contributed by atoms with Crippen molar-refractivity contribution in [3.63, 3.8) is 0 Å². The molecule has 0 unspecified atom stereocenters. The quantitative estimate of drug-likeness (QED) is 0.479. The minimum Gasteiger partial charge on any atom is -0.493 e. The Morgan fingerprint density at radius 2 is 1.79 bits per heavy atom. The van der Waals surface area contributed by atoms with E-state index in [9.17, 15) is 0 Å². The standard InChI is InChI=1S/C18H18Cl3NO2/c1-3-7-22-10-12-8-17(23-2)18(9-16(12)21)24-11-13-14(19)5-4-6-15(13)20/h3-6,8-9,22H,1,7,10-11H2,2H3. The summed E-state index contributed by atoms with van der Waals surface area (Å²) >= 11 is 18.6. The van der Waals surface area contributed by atoms with Crippen LogP contribution in [-0.4, -0.2) is 13.7 Å². The van der Waals surface area contributed by atoms with Gasteiger partial charge in [-0.3, -0.25) is 0 Å². The molecule has 0 saturated carbocycles. The molecule has 6 heteroatoms. The number of methoxy groups -OCH3 is 1. The van der Waals surface area contributed by atoms with E-state index in [-0.39, 0.29) is 6.61 Å². The summed E-state index contributed by atoms with van der Waals surface area (Å²) in [5, 5.41) is 4.90. The first kappa shape index (κ1) is 18.9. The maximum Gasteiger partial charge on any atom is 0.163 e. The Balaban J connectivity index is 2.18. The predicted molar refractivity (Wildman–Crippen MR) is 101 cm³/mol. The van der Waals surface area contributed by atoms with Crippen LogP contribution in [0.5, 0.6) is 11.5 Å². The van der Waals surface area contributed by atoms with Crippen molar-refractivity contribution >= 4 is 34.8 Å². The molecule has 0 fully saturated rings. The first-order chi connectivity index (χ1) is 11.6. The number of hydrogen-bond acceptors (Lipinski definition) is 3. The van der Waals surface area contributed by atoms with Crippen LogP contribution in [0.15, 0.2) is 43.0 Å². The second kappa shape index (κ2) is 9.19. The fraction of sp³-hybridized carbons (Fsp3) is 0.222. The molecule has 2 rings (SSSR count). The molecular formula is C18H18Cl3NO2. The third-order valence-electron chi connectivity index (χ3n) is 3.37. The summed E-state index contributed by atoms with van der Waals surface area (Å²) in [5.74, 6) is 1.13. The van der Waals surface area contributed by atoms with Crippen LogP contribution in [0.3, 0.4) is 0 Å². The van der Waals surface area contributed by atoms with Crippen molar-refractivity contribution in [3.8, 4) is 11.5 Å². The molecule has 0 radical (unpaired) electrons. The van der Waals surface area contributed by atoms with Gasteiger partial charge in [0.25, 0.3) is 0 Å². The molecule has 0 aliphatic carbocycles. The molecule has 0 spiro atoms. The zero-order valence-electron chi connectivity index (χ0n) is 13.2. The Morgan fingerprint density at radius 3 is 2.42 bits per heavy atom. The highest BCUT2D eigenvalue weighted by Gasteiger charge is 2.12. The van der Waals surface area contributed by atoms with Gasteiger partial charge in [-0.2, -0.15) is 0 Å². The number of halogens is 3. The van der Waals surface area contributed by atoms with Crippen molar-refractivity contribution in [1.29, 1.82) is 0 Å². The van der Waals surface area contributed by atoms with E-state index in [2.05, 4.69) is 11.9 Å². The molecule has 0 saturated heterocycles. The van der Waals surface area contributed by atoms with Crippen molar-refractivity contribution in [1.82, 2.24) is 5.32 Å². The Morgan fingerprint density at radius 1 is 1.08 bits per heavy atom. The van der Waals surface area contributed by atoms with Gasteiger partial charge in [0.1, 0.15) is 6.61 Å². The molecule has 0 aromatic heterocycles. The fourth-order valence-corrected chi connectivity index (χ4v) is 2.84. The third kappa shape index (κ3) is 4.81. The monoisotopic (exact) mass is 385 g/mol. The molecule has 0 heterocycles. The molecule has 0 atom stereocenters. The minimum atomic E-state index is 0.221. The summed E-state index contributed by atoms with van der Waals surface area (Å²) in [6, 6.07) is 8.91. The highest BCUT2D eigenvalue weighted by atomic mass is 35.5. The number of rotatable bonds is 8. The average Bonchev–Trinajstić information content (AvgIpc) is 2.56. The van der Waals surface area contributed by atoms with Gasteiger partial charge < -0.3 is 14.8 Å². The summed E-state index contributed by atoms with van der Waals surface area (Å²) in [6.45, 7) is 5.19. The van der Waals surface area contributed by atoms with E-state index >= 15 is 0 Å². The average molecular weight is 387 g/mol. The summed E-state index contributed by atoms with van der Waals surface area (Å²) in [5.41, 5.74) is 1.63. The molecule has 2 aromatic carbocycles. The van der Waals surface area contributed by atoms with Crippen LogP contribution in [0, 0.1) is 0 Å². The maximum absolute atomic E-state index is 6.33. The Kier molecular flexibility index (Phi) is 7.25. The molecule has 24 heavy (non-hydrogen) atoms. The van der Waals surface area contributed by atoms with Crippen LogP contribution in [-0.2, 0) is 13.2 Å². The van der Waals surface area contributed by atoms with Crippen LogP contribution in [0.2, 0.25) is 15.1 Å². The van der Waals surface area contributed by atoms with E-state index < -0.39 is 0 Å². The van der Waals surface area contributed by atoms with Gasteiger partial charge in [-0.25, -0.2) is 0 Å². The lowest BCUT2D eigenvalue weighted by molar-refractivity contribution is 0.284. The van der Waals surface area contributed by atoms with Gasteiger partial charge in [0.05, 0.1) is 7.11 Å². The topological polar surface area (TPSA) is 30.5 Å². The van der Waals surface area contributed by atoms with Gasteiger partial charge in [-0.15, -0.1) is 6.58 Å². The van der Waals surface area contributed by atoms with E-state index in [4.69, 9.17) is 44.3 Å². The Hall–Kier alpha value is -1.39. The minimum absolute atomic E-state index is 0.221. The molecule has 128 valence electrons. The molecule has 0 amide bonds. The van der Waals surface area contributed by atoms with Gasteiger partial charge in [0.2, 0.25) is 0 Å². The lowest BCUT2D eigenvalue weighted by atomic mass is 10.2. The second-order valence-corrected chi connectivity index (χ2v) is 6.22. The zero-order chi connectivity index (χ0) is 17.5. The number of nitrogens with one attached hydrogen (secondary N) is 1. The summed E-state index contributed by atoms with van der Waals surface area (Å²) in [4.78, 5) is 0. The van der Waals surface area contributed by atoms with E-state index in [1.54, 1.807) is 37.5 Å². The largest absolute Gasteiger partial charge is 0.493 e. The first-order valence-electron chi connectivity index (χ1n) is 7.30. The van der Waals surface area contributed by atoms with Crippen molar-refractivity contribution in [2.75, 3.05) is 13.7 Å². The second-order valence-electron chi connectivity index (χ2n) is 5.00. The molecule has 0 bridgehead atoms. The van der Waals surface area contributed by atoms with Crippen molar-refractivity contribution in [2.24, 2.45) is 0 Å². The van der Waals surface area contributed by atoms with E-state index in [1.165, 1.54) is 0 Å². The van der Waals surface area contributed by atoms with E-state index in [0.29, 0.717) is 39.7 Å². The molecule has 1 N–H and O–H groups in total. The van der Waals surface area contributed by atoms with Crippen molar-refractivity contribution in [3.05, 3.63) is 69.2 Å². The SMILES string of the molecule is C=CCNCc1cc(OC)c(OCc2c(Cl)cccc2Cl)cc1Cl. The summed E-state index contributed by atoms with van der Waals surface area (Å²) < 4.78 is 11.2. The van der Waals surface area contributed by atoms with Crippen molar-refractivity contribution in [2.45, 2.75) is 13.2 Å². The normalized spacial score (nSPS) is 10.5. The number of hydrogen-bond donors (Lipinski definition) is 1. The summed E-state index contributed by atoms with van der Waals surface area (Å²) in [7, 11) is 1.58. The molecule has 0 aliphatic rings. The lowest BCUT2D eigenvalue weighted by Crippen LogP contribution is -2.13. The molecular weight excluding hydrogens is 369 g/mol. The van der Waals surface area contributed by atoms with E-state index in [0.717, 1.165) is 11.1 Å². The van der Waals surface area contributed by atoms with Gasteiger partial charge >= 0.3 is 0 Å². The van der Waals surface area contributed by atoms with Gasteiger partial charge in [-0.1, -0.05) is 46.9 Å². The zero-order valence-corrected chi connectivity index (χ0v) is 15.5. The third-order valence-corrected chi connectivity index (χ3v) is 4.43. The van der Waals surface area contributed by atoms with Crippen LogP contribution < -0.4 is 14.8 Å². The number of ether oxygens (including phenoxy) is 2. The van der Waals surface area contributed by atoms with Crippen molar-refractivity contribution < 1.29 is 9.47 Å². The molecule has 0 aliphatic heterocycles. The fourth-order valence-electron chi connectivity index (χ4n) is 2.11. The summed E-state index contributed by atoms with van der Waals surface area (Å²) in [6.07, 6.45) is 1.79. The van der Waals surface area contributed by atoms with Gasteiger partial charge in [0, 0.05) is 39.8 Å².